The number of aromatic nitrogens is 1. The van der Waals surface area contributed by atoms with Gasteiger partial charge < -0.3 is 18.8 Å². The third kappa shape index (κ3) is 2.68. The van der Waals surface area contributed by atoms with Crippen LogP contribution >= 0.6 is 11.6 Å². The highest BCUT2D eigenvalue weighted by Crippen LogP contribution is 2.43. The minimum Gasteiger partial charge on any atom is -0.493 e. The number of ether oxygens (including phenoxy) is 3. The quantitative estimate of drug-likeness (QED) is 0.678. The van der Waals surface area contributed by atoms with Crippen molar-refractivity contribution in [3.05, 3.63) is 76.6 Å². The van der Waals surface area contributed by atoms with Crippen LogP contribution in [0, 0.1) is 0 Å². The standard InChI is InChI=1S/C20H18ClNO3/c1-23-18-7-3-6-15(20(18)24-2)19-16-11-13(21)8-9-17(16)22-10-4-5-14(22)12-25-19/h3-11,19H,12H2,1-2H3. The molecule has 0 saturated carbocycles. The number of benzene rings is 2. The van der Waals surface area contributed by atoms with E-state index in [1.807, 2.05) is 48.7 Å². The topological polar surface area (TPSA) is 32.6 Å². The smallest absolute Gasteiger partial charge is 0.166 e. The minimum atomic E-state index is -0.307. The van der Waals surface area contributed by atoms with Gasteiger partial charge in [-0.15, -0.1) is 0 Å². The fourth-order valence-corrected chi connectivity index (χ4v) is 3.54. The van der Waals surface area contributed by atoms with Crippen LogP contribution in [0.5, 0.6) is 11.5 Å². The van der Waals surface area contributed by atoms with Crippen LogP contribution in [0.4, 0.5) is 0 Å². The zero-order valence-electron chi connectivity index (χ0n) is 14.0. The second kappa shape index (κ2) is 6.47. The number of methoxy groups -OCH3 is 2. The average molecular weight is 356 g/mol. The molecule has 1 atom stereocenters. The summed E-state index contributed by atoms with van der Waals surface area (Å²) in [6, 6.07) is 15.8. The third-order valence-corrected chi connectivity index (χ3v) is 4.71. The lowest BCUT2D eigenvalue weighted by molar-refractivity contribution is 0.0660. The summed E-state index contributed by atoms with van der Waals surface area (Å²) < 4.78 is 19.5. The van der Waals surface area contributed by atoms with E-state index >= 15 is 0 Å². The maximum absolute atomic E-state index is 6.30. The number of nitrogens with zero attached hydrogens (tertiary/aromatic N) is 1. The molecule has 5 heteroatoms. The van der Waals surface area contributed by atoms with Crippen LogP contribution in [0.3, 0.4) is 0 Å². The van der Waals surface area contributed by atoms with Crippen molar-refractivity contribution in [2.45, 2.75) is 12.7 Å². The summed E-state index contributed by atoms with van der Waals surface area (Å²) in [7, 11) is 3.27. The molecule has 1 aliphatic rings. The summed E-state index contributed by atoms with van der Waals surface area (Å²) in [4.78, 5) is 0. The third-order valence-electron chi connectivity index (χ3n) is 4.48. The highest BCUT2D eigenvalue weighted by Gasteiger charge is 2.28. The summed E-state index contributed by atoms with van der Waals surface area (Å²) in [5.74, 6) is 1.35. The summed E-state index contributed by atoms with van der Waals surface area (Å²) in [5.41, 5.74) is 4.05. The largest absolute Gasteiger partial charge is 0.493 e. The molecular formula is C20H18ClNO3. The molecule has 0 amide bonds. The fourth-order valence-electron chi connectivity index (χ4n) is 3.36. The van der Waals surface area contributed by atoms with Crippen molar-refractivity contribution < 1.29 is 14.2 Å². The van der Waals surface area contributed by atoms with Crippen LogP contribution in [-0.2, 0) is 11.3 Å². The zero-order chi connectivity index (χ0) is 17.4. The highest BCUT2D eigenvalue weighted by molar-refractivity contribution is 6.30. The first-order chi connectivity index (χ1) is 12.2. The van der Waals surface area contributed by atoms with Crippen LogP contribution in [0.25, 0.3) is 5.69 Å². The molecule has 0 saturated heterocycles. The molecule has 0 radical (unpaired) electrons. The van der Waals surface area contributed by atoms with Gasteiger partial charge >= 0.3 is 0 Å². The van der Waals surface area contributed by atoms with Gasteiger partial charge in [0.15, 0.2) is 11.5 Å². The Morgan fingerprint density at radius 2 is 1.92 bits per heavy atom. The normalized spacial score (nSPS) is 15.9. The van der Waals surface area contributed by atoms with E-state index in [1.165, 1.54) is 0 Å². The average Bonchev–Trinajstić information content (AvgIpc) is 3.04. The lowest BCUT2D eigenvalue weighted by Gasteiger charge is -2.22. The first-order valence-corrected chi connectivity index (χ1v) is 8.39. The molecule has 4 rings (SSSR count). The number of halogens is 1. The van der Waals surface area contributed by atoms with Crippen molar-refractivity contribution in [3.8, 4) is 17.2 Å². The van der Waals surface area contributed by atoms with Crippen molar-refractivity contribution in [1.29, 1.82) is 0 Å². The molecular weight excluding hydrogens is 338 g/mol. The van der Waals surface area contributed by atoms with Crippen molar-refractivity contribution in [1.82, 2.24) is 4.57 Å². The molecule has 25 heavy (non-hydrogen) atoms. The Hall–Kier alpha value is -2.43. The molecule has 2 heterocycles. The number of hydrogen-bond acceptors (Lipinski definition) is 3. The van der Waals surface area contributed by atoms with Gasteiger partial charge in [-0.05, 0) is 36.4 Å². The number of hydrogen-bond donors (Lipinski definition) is 0. The molecule has 0 N–H and O–H groups in total. The van der Waals surface area contributed by atoms with Crippen LogP contribution < -0.4 is 9.47 Å². The van der Waals surface area contributed by atoms with E-state index in [4.69, 9.17) is 25.8 Å². The lowest BCUT2D eigenvalue weighted by atomic mass is 9.98. The molecule has 0 aliphatic carbocycles. The van der Waals surface area contributed by atoms with Gasteiger partial charge in [0.25, 0.3) is 0 Å². The predicted molar refractivity (Wildman–Crippen MR) is 97.0 cm³/mol. The van der Waals surface area contributed by atoms with E-state index in [9.17, 15) is 0 Å². The Morgan fingerprint density at radius 3 is 2.72 bits per heavy atom. The van der Waals surface area contributed by atoms with Gasteiger partial charge in [0, 0.05) is 28.0 Å². The van der Waals surface area contributed by atoms with Crippen molar-refractivity contribution in [2.75, 3.05) is 14.2 Å². The second-order valence-electron chi connectivity index (χ2n) is 5.85. The molecule has 0 spiro atoms. The van der Waals surface area contributed by atoms with Crippen molar-refractivity contribution in [3.63, 3.8) is 0 Å². The molecule has 1 unspecified atom stereocenters. The number of para-hydroxylation sites is 1. The zero-order valence-corrected chi connectivity index (χ0v) is 14.8. The Kier molecular flexibility index (Phi) is 4.15. The monoisotopic (exact) mass is 355 g/mol. The first kappa shape index (κ1) is 16.1. The van der Waals surface area contributed by atoms with Gasteiger partial charge in [-0.25, -0.2) is 0 Å². The minimum absolute atomic E-state index is 0.307. The maximum atomic E-state index is 6.30. The molecule has 3 aromatic rings. The Balaban J connectivity index is 1.93. The van der Waals surface area contributed by atoms with Crippen LogP contribution in [0.1, 0.15) is 22.9 Å². The summed E-state index contributed by atoms with van der Waals surface area (Å²) in [5, 5.41) is 0.671. The highest BCUT2D eigenvalue weighted by atomic mass is 35.5. The molecule has 4 nitrogen and oxygen atoms in total. The lowest BCUT2D eigenvalue weighted by Crippen LogP contribution is -2.08. The second-order valence-corrected chi connectivity index (χ2v) is 6.28. The van der Waals surface area contributed by atoms with Crippen LogP contribution in [-0.4, -0.2) is 18.8 Å². The Labute approximate surface area is 151 Å². The number of rotatable bonds is 3. The van der Waals surface area contributed by atoms with Crippen molar-refractivity contribution in [2.24, 2.45) is 0 Å². The Bertz CT molecular complexity index is 919. The van der Waals surface area contributed by atoms with E-state index in [1.54, 1.807) is 14.2 Å². The van der Waals surface area contributed by atoms with Gasteiger partial charge in [-0.1, -0.05) is 23.7 Å². The predicted octanol–water partition coefficient (Wildman–Crippen LogP) is 4.77. The van der Waals surface area contributed by atoms with E-state index in [-0.39, 0.29) is 6.10 Å². The fraction of sp³-hybridized carbons (Fsp3) is 0.200. The molecule has 2 aromatic carbocycles. The molecule has 0 bridgehead atoms. The maximum Gasteiger partial charge on any atom is 0.166 e. The van der Waals surface area contributed by atoms with Gasteiger partial charge in [0.05, 0.1) is 26.5 Å². The SMILES string of the molecule is COc1cccc(C2OCc3cccn3-c3ccc(Cl)cc32)c1OC. The van der Waals surface area contributed by atoms with E-state index < -0.39 is 0 Å². The number of fused-ring (bicyclic) bond motifs is 3. The Morgan fingerprint density at radius 1 is 1.04 bits per heavy atom. The van der Waals surface area contributed by atoms with E-state index in [0.29, 0.717) is 23.1 Å². The van der Waals surface area contributed by atoms with E-state index in [0.717, 1.165) is 22.5 Å². The summed E-state index contributed by atoms with van der Waals surface area (Å²) in [6.07, 6.45) is 1.73. The van der Waals surface area contributed by atoms with Crippen LogP contribution in [0.2, 0.25) is 5.02 Å². The molecule has 128 valence electrons. The van der Waals surface area contributed by atoms with Gasteiger partial charge in [-0.2, -0.15) is 0 Å². The van der Waals surface area contributed by atoms with Crippen LogP contribution in [0.15, 0.2) is 54.7 Å². The van der Waals surface area contributed by atoms with Gasteiger partial charge in [0.1, 0.15) is 6.10 Å². The molecule has 0 fully saturated rings. The molecule has 1 aliphatic heterocycles. The summed E-state index contributed by atoms with van der Waals surface area (Å²) in [6.45, 7) is 0.490. The molecule has 1 aromatic heterocycles. The summed E-state index contributed by atoms with van der Waals surface area (Å²) >= 11 is 6.30. The van der Waals surface area contributed by atoms with Gasteiger partial charge in [0.2, 0.25) is 0 Å². The van der Waals surface area contributed by atoms with Gasteiger partial charge in [-0.3, -0.25) is 0 Å². The van der Waals surface area contributed by atoms with Crippen molar-refractivity contribution >= 4 is 11.6 Å². The van der Waals surface area contributed by atoms with E-state index in [2.05, 4.69) is 10.6 Å². The first-order valence-electron chi connectivity index (χ1n) is 8.01.